The molecule has 0 aliphatic carbocycles. The third kappa shape index (κ3) is 2.76. The smallest absolute Gasteiger partial charge is 0.273 e. The average Bonchev–Trinajstić information content (AvgIpc) is 3.00. The molecule has 3 rings (SSSR count). The molecule has 1 aromatic carbocycles. The van der Waals surface area contributed by atoms with Crippen LogP contribution < -0.4 is 5.32 Å². The number of carbonyl (C=O) groups is 1. The van der Waals surface area contributed by atoms with E-state index in [0.29, 0.717) is 17.3 Å². The Kier molecular flexibility index (Phi) is 3.97. The molecule has 0 spiro atoms. The van der Waals surface area contributed by atoms with Gasteiger partial charge in [-0.2, -0.15) is 5.10 Å². The van der Waals surface area contributed by atoms with Crippen molar-refractivity contribution in [1.29, 1.82) is 0 Å². The van der Waals surface area contributed by atoms with Crippen LogP contribution in [0.25, 0.3) is 10.9 Å². The number of amides is 1. The molecule has 0 aliphatic heterocycles. The predicted octanol–water partition coefficient (Wildman–Crippen LogP) is 3.56. The third-order valence-electron chi connectivity index (χ3n) is 3.55. The highest BCUT2D eigenvalue weighted by atomic mass is 79.9. The molecule has 0 saturated carbocycles. The molecule has 2 N–H and O–H groups in total. The molecule has 5 nitrogen and oxygen atoms in total. The van der Waals surface area contributed by atoms with Crippen LogP contribution in [0.15, 0.2) is 28.7 Å². The molecule has 0 radical (unpaired) electrons. The van der Waals surface area contributed by atoms with E-state index in [1.54, 1.807) is 11.7 Å². The maximum absolute atomic E-state index is 12.2. The van der Waals surface area contributed by atoms with Crippen molar-refractivity contribution in [2.24, 2.45) is 7.05 Å². The second-order valence-electron chi connectivity index (χ2n) is 5.08. The minimum absolute atomic E-state index is 0.215. The van der Waals surface area contributed by atoms with Gasteiger partial charge in [0.15, 0.2) is 5.69 Å². The van der Waals surface area contributed by atoms with E-state index in [1.165, 1.54) is 0 Å². The van der Waals surface area contributed by atoms with E-state index >= 15 is 0 Å². The van der Waals surface area contributed by atoms with Crippen molar-refractivity contribution in [3.8, 4) is 0 Å². The summed E-state index contributed by atoms with van der Waals surface area (Å²) in [6.45, 7) is 2.29. The van der Waals surface area contributed by atoms with Gasteiger partial charge in [-0.05, 0) is 47.1 Å². The number of aromatic nitrogens is 3. The first kappa shape index (κ1) is 15.1. The number of nitrogens with zero attached hydrogens (tertiary/aromatic N) is 2. The molecule has 0 atom stereocenters. The van der Waals surface area contributed by atoms with Crippen LogP contribution in [0.5, 0.6) is 0 Å². The number of halogens is 2. The molecule has 0 aliphatic rings. The molecular formula is C15H14BrClN4O. The number of hydrogen-bond donors (Lipinski definition) is 2. The number of benzene rings is 1. The van der Waals surface area contributed by atoms with E-state index in [2.05, 4.69) is 31.3 Å². The largest absolute Gasteiger partial charge is 0.357 e. The fraction of sp³-hybridized carbons (Fsp3) is 0.200. The maximum Gasteiger partial charge on any atom is 0.273 e. The lowest BCUT2D eigenvalue weighted by molar-refractivity contribution is 0.0944. The normalized spacial score (nSPS) is 11.1. The summed E-state index contributed by atoms with van der Waals surface area (Å²) in [5.74, 6) is -0.215. The average molecular weight is 382 g/mol. The number of fused-ring (bicyclic) bond motifs is 1. The summed E-state index contributed by atoms with van der Waals surface area (Å²) in [6.07, 6.45) is 0. The second-order valence-corrected chi connectivity index (χ2v) is 6.31. The highest BCUT2D eigenvalue weighted by molar-refractivity contribution is 9.10. The quantitative estimate of drug-likeness (QED) is 0.729. The van der Waals surface area contributed by atoms with Crippen molar-refractivity contribution in [1.82, 2.24) is 20.1 Å². The van der Waals surface area contributed by atoms with Gasteiger partial charge in [-0.3, -0.25) is 9.48 Å². The van der Waals surface area contributed by atoms with Gasteiger partial charge in [0, 0.05) is 28.7 Å². The molecule has 0 bridgehead atoms. The number of H-pyrrole nitrogens is 1. The lowest BCUT2D eigenvalue weighted by atomic mass is 10.2. The Morgan fingerprint density at radius 2 is 2.23 bits per heavy atom. The molecule has 2 heterocycles. The number of nitrogens with one attached hydrogen (secondary N) is 2. The zero-order valence-corrected chi connectivity index (χ0v) is 14.4. The molecule has 22 heavy (non-hydrogen) atoms. The number of aromatic amines is 1. The van der Waals surface area contributed by atoms with E-state index in [9.17, 15) is 4.79 Å². The van der Waals surface area contributed by atoms with E-state index in [1.807, 2.05) is 31.2 Å². The van der Waals surface area contributed by atoms with Crippen molar-refractivity contribution < 1.29 is 4.79 Å². The predicted molar refractivity (Wildman–Crippen MR) is 90.1 cm³/mol. The van der Waals surface area contributed by atoms with Gasteiger partial charge < -0.3 is 10.3 Å². The topological polar surface area (TPSA) is 62.7 Å². The summed E-state index contributed by atoms with van der Waals surface area (Å²) in [7, 11) is 1.80. The Hall–Kier alpha value is -1.79. The van der Waals surface area contributed by atoms with Gasteiger partial charge in [-0.1, -0.05) is 11.6 Å². The first-order valence-electron chi connectivity index (χ1n) is 6.70. The van der Waals surface area contributed by atoms with Crippen LogP contribution in [-0.2, 0) is 13.6 Å². The van der Waals surface area contributed by atoms with Crippen LogP contribution in [0.1, 0.15) is 21.9 Å². The highest BCUT2D eigenvalue weighted by Crippen LogP contribution is 2.21. The minimum Gasteiger partial charge on any atom is -0.357 e. The summed E-state index contributed by atoms with van der Waals surface area (Å²) < 4.78 is 2.39. The zero-order valence-electron chi connectivity index (χ0n) is 12.1. The maximum atomic E-state index is 12.2. The molecule has 3 aromatic rings. The Bertz CT molecular complexity index is 868. The van der Waals surface area contributed by atoms with Crippen LogP contribution in [0, 0.1) is 6.92 Å². The van der Waals surface area contributed by atoms with Gasteiger partial charge in [-0.25, -0.2) is 0 Å². The Labute approximate surface area is 140 Å². The molecule has 1 amide bonds. The van der Waals surface area contributed by atoms with Crippen molar-refractivity contribution in [2.75, 3.05) is 0 Å². The highest BCUT2D eigenvalue weighted by Gasteiger charge is 2.17. The Morgan fingerprint density at radius 1 is 1.45 bits per heavy atom. The fourth-order valence-corrected chi connectivity index (χ4v) is 2.94. The molecule has 7 heteroatoms. The molecule has 0 saturated heterocycles. The summed E-state index contributed by atoms with van der Waals surface area (Å²) in [6, 6.07) is 7.61. The SMILES string of the molecule is Cc1c(Br)c(C(=O)NCc2cc3cc(Cl)ccc3[nH]2)nn1C. The molecule has 2 aromatic heterocycles. The standard InChI is InChI=1S/C15H14BrClN4O/c1-8-13(16)14(20-21(8)2)15(22)18-7-11-6-9-5-10(17)3-4-12(9)19-11/h3-6,19H,7H2,1-2H3,(H,18,22). The first-order chi connectivity index (χ1) is 10.5. The Balaban J connectivity index is 1.75. The van der Waals surface area contributed by atoms with Gasteiger partial charge in [0.25, 0.3) is 5.91 Å². The fourth-order valence-electron chi connectivity index (χ4n) is 2.25. The lowest BCUT2D eigenvalue weighted by Crippen LogP contribution is -2.23. The molecule has 114 valence electrons. The van der Waals surface area contributed by atoms with Crippen LogP contribution in [0.3, 0.4) is 0 Å². The monoisotopic (exact) mass is 380 g/mol. The Morgan fingerprint density at radius 3 is 2.91 bits per heavy atom. The van der Waals surface area contributed by atoms with Gasteiger partial charge in [0.05, 0.1) is 16.7 Å². The summed E-state index contributed by atoms with van der Waals surface area (Å²) in [5.41, 5.74) is 3.20. The van der Waals surface area contributed by atoms with E-state index in [-0.39, 0.29) is 5.91 Å². The van der Waals surface area contributed by atoms with Crippen LogP contribution >= 0.6 is 27.5 Å². The zero-order chi connectivity index (χ0) is 15.9. The number of rotatable bonds is 3. The van der Waals surface area contributed by atoms with Gasteiger partial charge >= 0.3 is 0 Å². The van der Waals surface area contributed by atoms with Gasteiger partial charge in [0.2, 0.25) is 0 Å². The number of hydrogen-bond acceptors (Lipinski definition) is 2. The van der Waals surface area contributed by atoms with Crippen LogP contribution in [-0.4, -0.2) is 20.7 Å². The molecule has 0 fully saturated rings. The lowest BCUT2D eigenvalue weighted by Gasteiger charge is -2.01. The van der Waals surface area contributed by atoms with Crippen molar-refractivity contribution in [3.05, 3.63) is 50.8 Å². The second kappa shape index (κ2) is 5.78. The number of aryl methyl sites for hydroxylation is 1. The molecular weight excluding hydrogens is 368 g/mol. The van der Waals surface area contributed by atoms with Gasteiger partial charge in [-0.15, -0.1) is 0 Å². The summed E-state index contributed by atoms with van der Waals surface area (Å²) in [4.78, 5) is 15.5. The van der Waals surface area contributed by atoms with Gasteiger partial charge in [0.1, 0.15) is 0 Å². The number of carbonyl (C=O) groups excluding carboxylic acids is 1. The first-order valence-corrected chi connectivity index (χ1v) is 7.87. The third-order valence-corrected chi connectivity index (χ3v) is 4.74. The van der Waals surface area contributed by atoms with E-state index < -0.39 is 0 Å². The van der Waals surface area contributed by atoms with Crippen molar-refractivity contribution in [3.63, 3.8) is 0 Å². The van der Waals surface area contributed by atoms with Crippen LogP contribution in [0.2, 0.25) is 5.02 Å². The van der Waals surface area contributed by atoms with E-state index in [4.69, 9.17) is 11.6 Å². The van der Waals surface area contributed by atoms with Crippen molar-refractivity contribution >= 4 is 44.3 Å². The molecule has 0 unspecified atom stereocenters. The minimum atomic E-state index is -0.215. The van der Waals surface area contributed by atoms with Crippen LogP contribution in [0.4, 0.5) is 0 Å². The van der Waals surface area contributed by atoms with Crippen molar-refractivity contribution in [2.45, 2.75) is 13.5 Å². The summed E-state index contributed by atoms with van der Waals surface area (Å²) >= 11 is 9.37. The summed E-state index contributed by atoms with van der Waals surface area (Å²) in [5, 5.41) is 8.78. The van der Waals surface area contributed by atoms with E-state index in [0.717, 1.165) is 26.8 Å².